The van der Waals surface area contributed by atoms with E-state index in [0.29, 0.717) is 5.75 Å². The van der Waals surface area contributed by atoms with Gasteiger partial charge in [0.05, 0.1) is 23.5 Å². The number of ether oxygens (including phenoxy) is 1. The highest BCUT2D eigenvalue weighted by Crippen LogP contribution is 2.22. The highest BCUT2D eigenvalue weighted by Gasteiger charge is 2.22. The molecule has 2 aromatic carbocycles. The number of aromatic amines is 1. The minimum Gasteiger partial charge on any atom is -0.484 e. The Morgan fingerprint density at radius 2 is 1.86 bits per heavy atom. The van der Waals surface area contributed by atoms with Crippen LogP contribution < -0.4 is 15.8 Å². The van der Waals surface area contributed by atoms with E-state index in [1.165, 1.54) is 0 Å². The highest BCUT2D eigenvalue weighted by molar-refractivity contribution is 5.79. The fourth-order valence-electron chi connectivity index (χ4n) is 2.94. The summed E-state index contributed by atoms with van der Waals surface area (Å²) in [4.78, 5) is 31.2. The second kappa shape index (κ2) is 8.56. The van der Waals surface area contributed by atoms with Gasteiger partial charge in [0.15, 0.2) is 6.61 Å². The molecular formula is C21H24N4O3. The Balaban J connectivity index is 1.60. The second-order valence-electron chi connectivity index (χ2n) is 7.00. The van der Waals surface area contributed by atoms with Crippen molar-refractivity contribution in [3.63, 3.8) is 0 Å². The van der Waals surface area contributed by atoms with E-state index in [-0.39, 0.29) is 30.9 Å². The predicted octanol–water partition coefficient (Wildman–Crippen LogP) is 2.48. The monoisotopic (exact) mass is 380 g/mol. The molecule has 0 radical (unpaired) electrons. The molecule has 3 aromatic rings. The minimum absolute atomic E-state index is 0.112. The maximum atomic E-state index is 12.4. The van der Waals surface area contributed by atoms with E-state index in [0.717, 1.165) is 22.4 Å². The van der Waals surface area contributed by atoms with E-state index in [1.807, 2.05) is 38.1 Å². The topological polar surface area (TPSA) is 110 Å². The van der Waals surface area contributed by atoms with Crippen LogP contribution in [0.25, 0.3) is 11.0 Å². The van der Waals surface area contributed by atoms with Crippen LogP contribution in [0, 0.1) is 5.92 Å². The van der Waals surface area contributed by atoms with E-state index >= 15 is 0 Å². The molecule has 4 N–H and O–H groups in total. The number of carbonyl (C=O) groups excluding carboxylic acids is 2. The minimum atomic E-state index is -0.390. The van der Waals surface area contributed by atoms with Crippen molar-refractivity contribution in [2.75, 3.05) is 6.61 Å². The van der Waals surface area contributed by atoms with Crippen LogP contribution in [0.4, 0.5) is 0 Å². The van der Waals surface area contributed by atoms with Gasteiger partial charge in [-0.15, -0.1) is 0 Å². The lowest BCUT2D eigenvalue weighted by atomic mass is 10.0. The number of amides is 2. The summed E-state index contributed by atoms with van der Waals surface area (Å²) in [6, 6.07) is 14.4. The number of hydrogen-bond donors (Lipinski definition) is 3. The zero-order valence-corrected chi connectivity index (χ0v) is 15.9. The number of nitrogens with one attached hydrogen (secondary N) is 2. The molecule has 0 saturated carbocycles. The molecule has 0 fully saturated rings. The number of nitrogens with zero attached hydrogens (tertiary/aromatic N) is 1. The lowest BCUT2D eigenvalue weighted by molar-refractivity contribution is -0.124. The zero-order valence-electron chi connectivity index (χ0n) is 15.9. The summed E-state index contributed by atoms with van der Waals surface area (Å²) in [6.45, 7) is 3.94. The van der Waals surface area contributed by atoms with Crippen molar-refractivity contribution in [3.05, 3.63) is 59.9 Å². The third-order valence-electron chi connectivity index (χ3n) is 4.36. The van der Waals surface area contributed by atoms with Crippen LogP contribution >= 0.6 is 0 Å². The van der Waals surface area contributed by atoms with Crippen molar-refractivity contribution in [2.24, 2.45) is 11.7 Å². The number of para-hydroxylation sites is 2. The van der Waals surface area contributed by atoms with E-state index in [9.17, 15) is 9.59 Å². The van der Waals surface area contributed by atoms with Crippen LogP contribution in [0.2, 0.25) is 0 Å². The van der Waals surface area contributed by atoms with Gasteiger partial charge in [0.1, 0.15) is 11.6 Å². The summed E-state index contributed by atoms with van der Waals surface area (Å²) in [7, 11) is 0. The highest BCUT2D eigenvalue weighted by atomic mass is 16.5. The molecule has 28 heavy (non-hydrogen) atoms. The number of rotatable bonds is 8. The Morgan fingerprint density at radius 1 is 1.14 bits per heavy atom. The standard InChI is InChI=1S/C21H24N4O3/c1-13(2)20(21-23-16-5-3-4-6-17(16)24-21)25-19(27)12-28-15-9-7-14(8-10-15)11-18(22)26/h3-10,13,20H,11-12H2,1-2H3,(H2,22,26)(H,23,24)(H,25,27). The van der Waals surface area contributed by atoms with Gasteiger partial charge in [-0.3, -0.25) is 9.59 Å². The smallest absolute Gasteiger partial charge is 0.258 e. The molecule has 7 nitrogen and oxygen atoms in total. The third-order valence-corrected chi connectivity index (χ3v) is 4.36. The summed E-state index contributed by atoms with van der Waals surface area (Å²) >= 11 is 0. The Bertz CT molecular complexity index is 930. The number of primary amides is 1. The van der Waals surface area contributed by atoms with Gasteiger partial charge in [0, 0.05) is 0 Å². The fraction of sp³-hybridized carbons (Fsp3) is 0.286. The number of nitrogens with two attached hydrogens (primary N) is 1. The van der Waals surface area contributed by atoms with Crippen molar-refractivity contribution in [1.29, 1.82) is 0 Å². The maximum absolute atomic E-state index is 12.4. The Morgan fingerprint density at radius 3 is 2.50 bits per heavy atom. The van der Waals surface area contributed by atoms with Crippen LogP contribution in [0.5, 0.6) is 5.75 Å². The Hall–Kier alpha value is -3.35. The molecule has 0 spiro atoms. The number of fused-ring (bicyclic) bond motifs is 1. The van der Waals surface area contributed by atoms with Crippen molar-refractivity contribution in [3.8, 4) is 5.75 Å². The van der Waals surface area contributed by atoms with Crippen LogP contribution in [0.3, 0.4) is 0 Å². The largest absolute Gasteiger partial charge is 0.484 e. The average molecular weight is 380 g/mol. The SMILES string of the molecule is CC(C)C(NC(=O)COc1ccc(CC(N)=O)cc1)c1nc2ccccc2[nH]1. The van der Waals surface area contributed by atoms with E-state index < -0.39 is 5.91 Å². The lowest BCUT2D eigenvalue weighted by Gasteiger charge is -2.20. The van der Waals surface area contributed by atoms with Gasteiger partial charge in [0.2, 0.25) is 5.91 Å². The van der Waals surface area contributed by atoms with Crippen LogP contribution in [0.15, 0.2) is 48.5 Å². The van der Waals surface area contributed by atoms with Crippen molar-refractivity contribution in [2.45, 2.75) is 26.3 Å². The Labute approximate surface area is 163 Å². The quantitative estimate of drug-likeness (QED) is 0.557. The first kappa shape index (κ1) is 19.4. The average Bonchev–Trinajstić information content (AvgIpc) is 3.08. The Kier molecular flexibility index (Phi) is 5.93. The molecule has 0 aliphatic rings. The summed E-state index contributed by atoms with van der Waals surface area (Å²) in [5, 5.41) is 2.98. The molecule has 0 aliphatic carbocycles. The van der Waals surface area contributed by atoms with Crippen molar-refractivity contribution < 1.29 is 14.3 Å². The van der Waals surface area contributed by atoms with Gasteiger partial charge in [-0.25, -0.2) is 4.98 Å². The number of hydrogen-bond acceptors (Lipinski definition) is 4. The van der Waals surface area contributed by atoms with Crippen LogP contribution in [0.1, 0.15) is 31.3 Å². The molecule has 3 rings (SSSR count). The molecule has 1 unspecified atom stereocenters. The zero-order chi connectivity index (χ0) is 20.1. The van der Waals surface area contributed by atoms with Gasteiger partial charge in [-0.2, -0.15) is 0 Å². The molecule has 1 aromatic heterocycles. The molecule has 146 valence electrons. The first-order valence-electron chi connectivity index (χ1n) is 9.16. The first-order chi connectivity index (χ1) is 13.4. The number of H-pyrrole nitrogens is 1. The molecule has 1 heterocycles. The second-order valence-corrected chi connectivity index (χ2v) is 7.00. The molecule has 0 aliphatic heterocycles. The number of aromatic nitrogens is 2. The van der Waals surface area contributed by atoms with Crippen molar-refractivity contribution in [1.82, 2.24) is 15.3 Å². The summed E-state index contributed by atoms with van der Waals surface area (Å²) < 4.78 is 5.54. The predicted molar refractivity (Wildman–Crippen MR) is 107 cm³/mol. The normalized spacial score (nSPS) is 12.1. The molecule has 7 heteroatoms. The summed E-state index contributed by atoms with van der Waals surface area (Å²) in [6.07, 6.45) is 0.175. The van der Waals surface area contributed by atoms with Gasteiger partial charge < -0.3 is 20.8 Å². The molecule has 0 bridgehead atoms. The maximum Gasteiger partial charge on any atom is 0.258 e. The molecule has 1 atom stereocenters. The van der Waals surface area contributed by atoms with E-state index in [2.05, 4.69) is 15.3 Å². The third kappa shape index (κ3) is 4.88. The lowest BCUT2D eigenvalue weighted by Crippen LogP contribution is -2.35. The van der Waals surface area contributed by atoms with Gasteiger partial charge in [-0.05, 0) is 35.7 Å². The first-order valence-corrected chi connectivity index (χ1v) is 9.16. The summed E-state index contributed by atoms with van der Waals surface area (Å²) in [5.74, 6) is 0.796. The van der Waals surface area contributed by atoms with E-state index in [4.69, 9.17) is 10.5 Å². The van der Waals surface area contributed by atoms with Gasteiger partial charge in [0.25, 0.3) is 5.91 Å². The number of benzene rings is 2. The molecule has 2 amide bonds. The number of carbonyl (C=O) groups is 2. The fourth-order valence-corrected chi connectivity index (χ4v) is 2.94. The molecular weight excluding hydrogens is 356 g/mol. The van der Waals surface area contributed by atoms with Crippen molar-refractivity contribution >= 4 is 22.8 Å². The number of imidazole rings is 1. The summed E-state index contributed by atoms with van der Waals surface area (Å²) in [5.41, 5.74) is 7.77. The van der Waals surface area contributed by atoms with Gasteiger partial charge >= 0.3 is 0 Å². The van der Waals surface area contributed by atoms with Gasteiger partial charge in [-0.1, -0.05) is 38.1 Å². The molecule has 0 saturated heterocycles. The van der Waals surface area contributed by atoms with Crippen LogP contribution in [-0.2, 0) is 16.0 Å². The van der Waals surface area contributed by atoms with Crippen LogP contribution in [-0.4, -0.2) is 28.4 Å². The van der Waals surface area contributed by atoms with E-state index in [1.54, 1.807) is 24.3 Å².